The Morgan fingerprint density at radius 1 is 1.41 bits per heavy atom. The highest BCUT2D eigenvalue weighted by Crippen LogP contribution is 2.17. The lowest BCUT2D eigenvalue weighted by atomic mass is 10.1. The molecule has 17 heavy (non-hydrogen) atoms. The van der Waals surface area contributed by atoms with Gasteiger partial charge in [0.15, 0.2) is 0 Å². The normalized spacial score (nSPS) is 10.3. The van der Waals surface area contributed by atoms with Crippen LogP contribution in [0.4, 0.5) is 0 Å². The SMILES string of the molecule is CCCN(CCBr)C(=O)c1ccc(O)cc1C. The Morgan fingerprint density at radius 3 is 2.65 bits per heavy atom. The molecule has 0 saturated carbocycles. The van der Waals surface area contributed by atoms with E-state index in [0.717, 1.165) is 23.9 Å². The molecule has 94 valence electrons. The van der Waals surface area contributed by atoms with Crippen LogP contribution in [-0.2, 0) is 0 Å². The van der Waals surface area contributed by atoms with E-state index in [1.54, 1.807) is 18.2 Å². The molecule has 3 nitrogen and oxygen atoms in total. The first-order chi connectivity index (χ1) is 8.10. The Kier molecular flexibility index (Phi) is 5.48. The summed E-state index contributed by atoms with van der Waals surface area (Å²) in [7, 11) is 0. The molecule has 0 atom stereocenters. The summed E-state index contributed by atoms with van der Waals surface area (Å²) in [6.07, 6.45) is 0.940. The van der Waals surface area contributed by atoms with E-state index in [2.05, 4.69) is 22.9 Å². The highest BCUT2D eigenvalue weighted by atomic mass is 79.9. The van der Waals surface area contributed by atoms with Gasteiger partial charge in [-0.2, -0.15) is 0 Å². The number of hydrogen-bond acceptors (Lipinski definition) is 2. The maximum Gasteiger partial charge on any atom is 0.254 e. The predicted octanol–water partition coefficient (Wildman–Crippen LogP) is 2.95. The summed E-state index contributed by atoms with van der Waals surface area (Å²) in [5.41, 5.74) is 1.47. The van der Waals surface area contributed by atoms with Crippen molar-refractivity contribution in [2.75, 3.05) is 18.4 Å². The van der Waals surface area contributed by atoms with Crippen LogP contribution in [-0.4, -0.2) is 34.3 Å². The van der Waals surface area contributed by atoms with Gasteiger partial charge in [0.1, 0.15) is 5.75 Å². The van der Waals surface area contributed by atoms with E-state index in [1.807, 2.05) is 11.8 Å². The van der Waals surface area contributed by atoms with Crippen LogP contribution < -0.4 is 0 Å². The van der Waals surface area contributed by atoms with Crippen molar-refractivity contribution < 1.29 is 9.90 Å². The van der Waals surface area contributed by atoms with E-state index in [9.17, 15) is 9.90 Å². The third kappa shape index (κ3) is 3.73. The van der Waals surface area contributed by atoms with E-state index < -0.39 is 0 Å². The highest BCUT2D eigenvalue weighted by molar-refractivity contribution is 9.09. The molecule has 1 aromatic rings. The van der Waals surface area contributed by atoms with Crippen LogP contribution in [0.3, 0.4) is 0 Å². The zero-order chi connectivity index (χ0) is 12.8. The van der Waals surface area contributed by atoms with Crippen molar-refractivity contribution in [2.24, 2.45) is 0 Å². The van der Waals surface area contributed by atoms with Gasteiger partial charge in [0.05, 0.1) is 0 Å². The van der Waals surface area contributed by atoms with Gasteiger partial charge in [-0.05, 0) is 37.1 Å². The molecular weight excluding hydrogens is 282 g/mol. The molecular formula is C13H18BrNO2. The van der Waals surface area contributed by atoms with Crippen molar-refractivity contribution >= 4 is 21.8 Å². The number of amides is 1. The summed E-state index contributed by atoms with van der Waals surface area (Å²) in [6, 6.07) is 4.86. The molecule has 0 saturated heterocycles. The number of aryl methyl sites for hydroxylation is 1. The molecule has 4 heteroatoms. The minimum Gasteiger partial charge on any atom is -0.508 e. The minimum atomic E-state index is 0.0313. The van der Waals surface area contributed by atoms with Crippen LogP contribution in [0.1, 0.15) is 29.3 Å². The molecule has 0 unspecified atom stereocenters. The zero-order valence-electron chi connectivity index (χ0n) is 10.2. The lowest BCUT2D eigenvalue weighted by molar-refractivity contribution is 0.0765. The fourth-order valence-corrected chi connectivity index (χ4v) is 2.17. The number of phenolic OH excluding ortho intramolecular Hbond substituents is 1. The third-order valence-electron chi connectivity index (χ3n) is 2.58. The molecule has 0 aliphatic heterocycles. The average Bonchev–Trinajstić information content (AvgIpc) is 2.28. The Bertz CT molecular complexity index is 387. The number of rotatable bonds is 5. The van der Waals surface area contributed by atoms with Crippen LogP contribution in [0, 0.1) is 6.92 Å². The van der Waals surface area contributed by atoms with E-state index in [0.29, 0.717) is 12.1 Å². The molecule has 1 rings (SSSR count). The summed E-state index contributed by atoms with van der Waals surface area (Å²) < 4.78 is 0. The first-order valence-corrected chi connectivity index (χ1v) is 6.87. The molecule has 0 aliphatic rings. The third-order valence-corrected chi connectivity index (χ3v) is 2.93. The number of carbonyl (C=O) groups is 1. The molecule has 0 radical (unpaired) electrons. The molecule has 0 spiro atoms. The van der Waals surface area contributed by atoms with Gasteiger partial charge in [-0.3, -0.25) is 4.79 Å². The van der Waals surface area contributed by atoms with Crippen molar-refractivity contribution in [2.45, 2.75) is 20.3 Å². The lowest BCUT2D eigenvalue weighted by Crippen LogP contribution is -2.33. The smallest absolute Gasteiger partial charge is 0.254 e. The number of aromatic hydroxyl groups is 1. The number of nitrogens with zero attached hydrogens (tertiary/aromatic N) is 1. The highest BCUT2D eigenvalue weighted by Gasteiger charge is 2.16. The van der Waals surface area contributed by atoms with Crippen LogP contribution in [0.25, 0.3) is 0 Å². The quantitative estimate of drug-likeness (QED) is 0.849. The van der Waals surface area contributed by atoms with Gasteiger partial charge in [-0.15, -0.1) is 0 Å². The second kappa shape index (κ2) is 6.64. The van der Waals surface area contributed by atoms with Crippen LogP contribution in [0.2, 0.25) is 0 Å². The number of carbonyl (C=O) groups excluding carboxylic acids is 1. The summed E-state index contributed by atoms with van der Waals surface area (Å²) in [4.78, 5) is 14.1. The molecule has 1 aromatic carbocycles. The lowest BCUT2D eigenvalue weighted by Gasteiger charge is -2.22. The first kappa shape index (κ1) is 14.0. The topological polar surface area (TPSA) is 40.5 Å². The van der Waals surface area contributed by atoms with Crippen molar-refractivity contribution in [1.29, 1.82) is 0 Å². The number of benzene rings is 1. The van der Waals surface area contributed by atoms with Gasteiger partial charge in [0, 0.05) is 24.0 Å². The fraction of sp³-hybridized carbons (Fsp3) is 0.462. The van der Waals surface area contributed by atoms with Gasteiger partial charge >= 0.3 is 0 Å². The zero-order valence-corrected chi connectivity index (χ0v) is 11.8. The first-order valence-electron chi connectivity index (χ1n) is 5.75. The van der Waals surface area contributed by atoms with Crippen LogP contribution >= 0.6 is 15.9 Å². The summed E-state index contributed by atoms with van der Waals surface area (Å²) in [6.45, 7) is 5.35. The molecule has 0 fully saturated rings. The standard InChI is InChI=1S/C13H18BrNO2/c1-3-7-15(8-6-14)13(17)12-5-4-11(16)9-10(12)2/h4-5,9,16H,3,6-8H2,1-2H3. The summed E-state index contributed by atoms with van der Waals surface area (Å²) in [5.74, 6) is 0.227. The van der Waals surface area contributed by atoms with Crippen LogP contribution in [0.15, 0.2) is 18.2 Å². The molecule has 0 aromatic heterocycles. The number of phenols is 1. The fourth-order valence-electron chi connectivity index (χ4n) is 1.74. The summed E-state index contributed by atoms with van der Waals surface area (Å²) in [5, 5.41) is 10.1. The van der Waals surface area contributed by atoms with Gasteiger partial charge in [-0.25, -0.2) is 0 Å². The van der Waals surface area contributed by atoms with E-state index >= 15 is 0 Å². The van der Waals surface area contributed by atoms with Crippen molar-refractivity contribution in [3.63, 3.8) is 0 Å². The Morgan fingerprint density at radius 2 is 2.12 bits per heavy atom. The van der Waals surface area contributed by atoms with Crippen molar-refractivity contribution in [1.82, 2.24) is 4.90 Å². The molecule has 0 aliphatic carbocycles. The number of hydrogen-bond donors (Lipinski definition) is 1. The minimum absolute atomic E-state index is 0.0313. The van der Waals surface area contributed by atoms with Gasteiger partial charge in [-0.1, -0.05) is 22.9 Å². The molecule has 0 heterocycles. The Balaban J connectivity index is 2.92. The van der Waals surface area contributed by atoms with E-state index in [1.165, 1.54) is 0 Å². The average molecular weight is 300 g/mol. The Labute approximate surface area is 111 Å². The second-order valence-electron chi connectivity index (χ2n) is 3.98. The predicted molar refractivity (Wildman–Crippen MR) is 72.8 cm³/mol. The van der Waals surface area contributed by atoms with Gasteiger partial charge in [0.25, 0.3) is 5.91 Å². The van der Waals surface area contributed by atoms with Crippen molar-refractivity contribution in [3.05, 3.63) is 29.3 Å². The maximum atomic E-state index is 12.3. The van der Waals surface area contributed by atoms with Gasteiger partial charge < -0.3 is 10.0 Å². The monoisotopic (exact) mass is 299 g/mol. The number of halogens is 1. The number of alkyl halides is 1. The van der Waals surface area contributed by atoms with Gasteiger partial charge in [0.2, 0.25) is 0 Å². The largest absolute Gasteiger partial charge is 0.508 e. The Hall–Kier alpha value is -1.03. The van der Waals surface area contributed by atoms with E-state index in [-0.39, 0.29) is 11.7 Å². The second-order valence-corrected chi connectivity index (χ2v) is 4.77. The summed E-state index contributed by atoms with van der Waals surface area (Å²) >= 11 is 3.36. The van der Waals surface area contributed by atoms with Crippen LogP contribution in [0.5, 0.6) is 5.75 Å². The molecule has 0 bridgehead atoms. The molecule has 1 N–H and O–H groups in total. The molecule has 1 amide bonds. The maximum absolute atomic E-state index is 12.3. The van der Waals surface area contributed by atoms with E-state index in [4.69, 9.17) is 0 Å². The van der Waals surface area contributed by atoms with Crippen molar-refractivity contribution in [3.8, 4) is 5.75 Å².